The fraction of sp³-hybridized carbons (Fsp3) is 0.0526. The minimum absolute atomic E-state index is 0.214. The number of aromatic nitrogens is 1. The summed E-state index contributed by atoms with van der Waals surface area (Å²) in [6.07, 6.45) is 0. The molecule has 0 amide bonds. The molecule has 1 heterocycles. The molecule has 0 unspecified atom stereocenters. The number of rotatable bonds is 7. The number of hydrogen-bond donors (Lipinski definition) is 0. The van der Waals surface area contributed by atoms with Gasteiger partial charge in [-0.3, -0.25) is 0 Å². The van der Waals surface area contributed by atoms with Gasteiger partial charge in [-0.1, -0.05) is 178 Å². The number of para-hydroxylation sites is 2. The SMILES string of the molecule is CC1(C)c2cc(N(c3ccc(-c4ccccc4)cc3)c3ccc(-c4ccc(-c5ccccc5)cc4)cc3)ccc2-c2c(-n3c4ccccc4c4ccccc43)cccc21. The van der Waals surface area contributed by atoms with Crippen LogP contribution in [0.1, 0.15) is 25.0 Å². The average Bonchev–Trinajstić information content (AvgIpc) is 3.76. The summed E-state index contributed by atoms with van der Waals surface area (Å²) in [4.78, 5) is 2.41. The van der Waals surface area contributed by atoms with E-state index in [2.05, 4.69) is 242 Å². The highest BCUT2D eigenvalue weighted by molar-refractivity contribution is 6.10. The first kappa shape index (κ1) is 34.8. The summed E-state index contributed by atoms with van der Waals surface area (Å²) < 4.78 is 2.47. The molecule has 2 heteroatoms. The number of nitrogens with zero attached hydrogens (tertiary/aromatic N) is 2. The molecule has 11 rings (SSSR count). The van der Waals surface area contributed by atoms with Crippen LogP contribution in [0.3, 0.4) is 0 Å². The first-order chi connectivity index (χ1) is 29.0. The van der Waals surface area contributed by atoms with Crippen molar-refractivity contribution in [2.24, 2.45) is 0 Å². The van der Waals surface area contributed by atoms with Crippen molar-refractivity contribution in [1.82, 2.24) is 4.57 Å². The number of anilines is 3. The standard InChI is InChI=1S/C57H42N2/c1-57(2)51-20-13-23-55(59-53-21-11-9-18-48(53)49-19-10-12-22-54(49)59)56(51)50-37-36-47(38-52(50)57)58(45-32-28-43(29-33-45)40-16-7-4-8-17-40)46-34-30-44(31-35-46)42-26-24-41(25-27-42)39-14-5-3-6-15-39/h3-38H,1-2H3. The summed E-state index contributed by atoms with van der Waals surface area (Å²) in [5.74, 6) is 0. The zero-order valence-corrected chi connectivity index (χ0v) is 33.2. The Hall–Kier alpha value is -7.42. The second kappa shape index (κ2) is 13.9. The molecule has 0 fully saturated rings. The molecule has 0 saturated carbocycles. The highest BCUT2D eigenvalue weighted by Gasteiger charge is 2.38. The molecular weight excluding hydrogens is 713 g/mol. The maximum Gasteiger partial charge on any atom is 0.0543 e. The molecule has 2 nitrogen and oxygen atoms in total. The number of fused-ring (bicyclic) bond motifs is 6. The third-order valence-corrected chi connectivity index (χ3v) is 12.4. The largest absolute Gasteiger partial charge is 0.310 e. The maximum atomic E-state index is 2.47. The van der Waals surface area contributed by atoms with Crippen LogP contribution in [0.2, 0.25) is 0 Å². The smallest absolute Gasteiger partial charge is 0.0543 e. The highest BCUT2D eigenvalue weighted by Crippen LogP contribution is 2.53. The molecule has 0 saturated heterocycles. The Balaban J connectivity index is 1.03. The summed E-state index contributed by atoms with van der Waals surface area (Å²) in [5.41, 5.74) is 19.4. The molecule has 0 radical (unpaired) electrons. The zero-order chi connectivity index (χ0) is 39.5. The molecular formula is C57H42N2. The monoisotopic (exact) mass is 754 g/mol. The van der Waals surface area contributed by atoms with Crippen molar-refractivity contribution in [2.45, 2.75) is 19.3 Å². The zero-order valence-electron chi connectivity index (χ0n) is 33.2. The van der Waals surface area contributed by atoms with Crippen LogP contribution in [0.25, 0.3) is 72.0 Å². The van der Waals surface area contributed by atoms with Crippen LogP contribution in [0.15, 0.2) is 218 Å². The fourth-order valence-electron chi connectivity index (χ4n) is 9.43. The molecule has 1 aromatic heterocycles. The van der Waals surface area contributed by atoms with Gasteiger partial charge in [0.25, 0.3) is 0 Å². The van der Waals surface area contributed by atoms with Crippen LogP contribution in [-0.2, 0) is 5.41 Å². The minimum atomic E-state index is -0.214. The molecule has 0 atom stereocenters. The Morgan fingerprint density at radius 3 is 1.29 bits per heavy atom. The van der Waals surface area contributed by atoms with Gasteiger partial charge in [0.15, 0.2) is 0 Å². The fourth-order valence-corrected chi connectivity index (χ4v) is 9.43. The van der Waals surface area contributed by atoms with Crippen LogP contribution in [-0.4, -0.2) is 4.57 Å². The number of hydrogen-bond acceptors (Lipinski definition) is 1. The van der Waals surface area contributed by atoms with Gasteiger partial charge < -0.3 is 9.47 Å². The van der Waals surface area contributed by atoms with Gasteiger partial charge in [-0.25, -0.2) is 0 Å². The Morgan fingerprint density at radius 1 is 0.356 bits per heavy atom. The van der Waals surface area contributed by atoms with E-state index in [-0.39, 0.29) is 5.41 Å². The molecule has 0 spiro atoms. The summed E-state index contributed by atoms with van der Waals surface area (Å²) in [6, 6.07) is 79.7. The second-order valence-electron chi connectivity index (χ2n) is 16.2. The van der Waals surface area contributed by atoms with E-state index in [4.69, 9.17) is 0 Å². The minimum Gasteiger partial charge on any atom is -0.310 e. The maximum absolute atomic E-state index is 2.47. The van der Waals surface area contributed by atoms with Gasteiger partial charge in [0.05, 0.1) is 16.7 Å². The van der Waals surface area contributed by atoms with Gasteiger partial charge in [-0.05, 0) is 105 Å². The van der Waals surface area contributed by atoms with E-state index in [0.717, 1.165) is 17.1 Å². The lowest BCUT2D eigenvalue weighted by Gasteiger charge is -2.28. The molecule has 1 aliphatic carbocycles. The first-order valence-corrected chi connectivity index (χ1v) is 20.5. The molecule has 10 aromatic rings. The second-order valence-corrected chi connectivity index (χ2v) is 16.2. The van der Waals surface area contributed by atoms with E-state index in [1.54, 1.807) is 0 Å². The van der Waals surface area contributed by atoms with Gasteiger partial charge in [0.1, 0.15) is 0 Å². The van der Waals surface area contributed by atoms with Crippen molar-refractivity contribution in [3.8, 4) is 50.2 Å². The molecule has 280 valence electrons. The van der Waals surface area contributed by atoms with Crippen molar-refractivity contribution in [1.29, 1.82) is 0 Å². The molecule has 9 aromatic carbocycles. The van der Waals surface area contributed by atoms with E-state index < -0.39 is 0 Å². The summed E-state index contributed by atoms with van der Waals surface area (Å²) in [5, 5.41) is 2.55. The van der Waals surface area contributed by atoms with Crippen LogP contribution in [0, 0.1) is 0 Å². The predicted octanol–water partition coefficient (Wildman–Crippen LogP) is 15.6. The van der Waals surface area contributed by atoms with E-state index in [1.165, 1.54) is 83.1 Å². The Kier molecular flexibility index (Phi) is 8.20. The lowest BCUT2D eigenvalue weighted by Crippen LogP contribution is -2.16. The lowest BCUT2D eigenvalue weighted by atomic mass is 9.82. The third kappa shape index (κ3) is 5.79. The van der Waals surface area contributed by atoms with Gasteiger partial charge in [0.2, 0.25) is 0 Å². The quantitative estimate of drug-likeness (QED) is 0.157. The first-order valence-electron chi connectivity index (χ1n) is 20.5. The molecule has 0 bridgehead atoms. The van der Waals surface area contributed by atoms with E-state index in [1.807, 2.05) is 0 Å². The van der Waals surface area contributed by atoms with Gasteiger partial charge >= 0.3 is 0 Å². The van der Waals surface area contributed by atoms with Crippen molar-refractivity contribution in [2.75, 3.05) is 4.90 Å². The van der Waals surface area contributed by atoms with Gasteiger partial charge in [-0.15, -0.1) is 0 Å². The summed E-state index contributed by atoms with van der Waals surface area (Å²) in [7, 11) is 0. The van der Waals surface area contributed by atoms with Crippen molar-refractivity contribution < 1.29 is 0 Å². The van der Waals surface area contributed by atoms with Gasteiger partial charge in [-0.2, -0.15) is 0 Å². The average molecular weight is 755 g/mol. The van der Waals surface area contributed by atoms with Crippen molar-refractivity contribution >= 4 is 38.9 Å². The Bertz CT molecular complexity index is 3080. The topological polar surface area (TPSA) is 8.17 Å². The Morgan fingerprint density at radius 2 is 0.780 bits per heavy atom. The highest BCUT2D eigenvalue weighted by atomic mass is 15.1. The third-order valence-electron chi connectivity index (χ3n) is 12.4. The predicted molar refractivity (Wildman–Crippen MR) is 249 cm³/mol. The van der Waals surface area contributed by atoms with E-state index in [0.29, 0.717) is 0 Å². The number of benzene rings is 9. The molecule has 0 aliphatic heterocycles. The van der Waals surface area contributed by atoms with Crippen LogP contribution in [0.4, 0.5) is 17.1 Å². The van der Waals surface area contributed by atoms with Gasteiger partial charge in [0, 0.05) is 38.8 Å². The van der Waals surface area contributed by atoms with Crippen LogP contribution in [0.5, 0.6) is 0 Å². The lowest BCUT2D eigenvalue weighted by molar-refractivity contribution is 0.660. The van der Waals surface area contributed by atoms with E-state index in [9.17, 15) is 0 Å². The molecule has 0 N–H and O–H groups in total. The normalized spacial score (nSPS) is 12.7. The van der Waals surface area contributed by atoms with Crippen LogP contribution < -0.4 is 4.90 Å². The van der Waals surface area contributed by atoms with Crippen LogP contribution >= 0.6 is 0 Å². The van der Waals surface area contributed by atoms with E-state index >= 15 is 0 Å². The Labute approximate surface area is 345 Å². The summed E-state index contributed by atoms with van der Waals surface area (Å²) in [6.45, 7) is 4.77. The summed E-state index contributed by atoms with van der Waals surface area (Å²) >= 11 is 0. The van der Waals surface area contributed by atoms with Crippen molar-refractivity contribution in [3.05, 3.63) is 230 Å². The van der Waals surface area contributed by atoms with Crippen molar-refractivity contribution in [3.63, 3.8) is 0 Å². The molecule has 59 heavy (non-hydrogen) atoms. The molecule has 1 aliphatic rings.